The summed E-state index contributed by atoms with van der Waals surface area (Å²) in [6, 6.07) is 9.12. The van der Waals surface area contributed by atoms with E-state index in [0.29, 0.717) is 18.6 Å². The van der Waals surface area contributed by atoms with E-state index in [1.807, 2.05) is 32.0 Å². The van der Waals surface area contributed by atoms with E-state index in [1.54, 1.807) is 0 Å². The number of carbonyl (C=O) groups excluding carboxylic acids is 1. The van der Waals surface area contributed by atoms with Crippen LogP contribution in [0.15, 0.2) is 46.3 Å². The molecule has 0 atom stereocenters. The van der Waals surface area contributed by atoms with Gasteiger partial charge in [-0.05, 0) is 49.2 Å². The number of amides is 1. The van der Waals surface area contributed by atoms with Crippen molar-refractivity contribution >= 4 is 33.2 Å². The quantitative estimate of drug-likeness (QED) is 0.781. The molecule has 1 saturated heterocycles. The number of sulfonamides is 1. The molecule has 0 saturated carbocycles. The summed E-state index contributed by atoms with van der Waals surface area (Å²) in [6.07, 6.45) is 0.697. The molecular weight excluding hydrogens is 429 g/mol. The second kappa shape index (κ2) is 7.44. The number of nitrogens with zero attached hydrogens (tertiary/aromatic N) is 2. The molecule has 1 spiro atoms. The van der Waals surface area contributed by atoms with Gasteiger partial charge < -0.3 is 5.32 Å². The van der Waals surface area contributed by atoms with Gasteiger partial charge in [0, 0.05) is 31.5 Å². The van der Waals surface area contributed by atoms with E-state index in [1.165, 1.54) is 10.4 Å². The van der Waals surface area contributed by atoms with Crippen LogP contribution in [0.25, 0.3) is 0 Å². The fourth-order valence-corrected chi connectivity index (χ4v) is 5.48. The van der Waals surface area contributed by atoms with Crippen molar-refractivity contribution in [3.05, 3.63) is 63.9 Å². The molecule has 9 heteroatoms. The normalized spacial score (nSPS) is 19.1. The van der Waals surface area contributed by atoms with Crippen LogP contribution >= 0.6 is 11.6 Å². The molecule has 0 aliphatic carbocycles. The molecule has 0 aromatic heterocycles. The molecule has 0 unspecified atom stereocenters. The molecule has 2 heterocycles. The molecule has 2 aromatic carbocycles. The third-order valence-corrected chi connectivity index (χ3v) is 7.93. The zero-order chi connectivity index (χ0) is 21.7. The highest BCUT2D eigenvalue weighted by Gasteiger charge is 2.44. The van der Waals surface area contributed by atoms with Gasteiger partial charge in [0.2, 0.25) is 10.0 Å². The van der Waals surface area contributed by atoms with Gasteiger partial charge in [-0.2, -0.15) is 4.31 Å². The number of carbonyl (C=O) groups is 1. The predicted molar refractivity (Wildman–Crippen MR) is 113 cm³/mol. The van der Waals surface area contributed by atoms with Crippen LogP contribution in [0.3, 0.4) is 0 Å². The zero-order valence-electron chi connectivity index (χ0n) is 16.6. The summed E-state index contributed by atoms with van der Waals surface area (Å²) in [7, 11) is -3.82. The third-order valence-electron chi connectivity index (χ3n) is 5.75. The molecule has 4 rings (SSSR count). The van der Waals surface area contributed by atoms with Crippen LogP contribution < -0.4 is 5.32 Å². The first-order chi connectivity index (χ1) is 14.1. The van der Waals surface area contributed by atoms with Crippen molar-refractivity contribution in [1.29, 1.82) is 0 Å². The van der Waals surface area contributed by atoms with Crippen molar-refractivity contribution in [2.45, 2.75) is 37.2 Å². The number of halogens is 2. The first-order valence-corrected chi connectivity index (χ1v) is 11.4. The number of aryl methyl sites for hydroxylation is 2. The maximum atomic E-state index is 13.4. The Morgan fingerprint density at radius 3 is 2.43 bits per heavy atom. The fraction of sp³-hybridized carbons (Fsp3) is 0.333. The minimum absolute atomic E-state index is 0.0559. The van der Waals surface area contributed by atoms with E-state index in [0.717, 1.165) is 28.8 Å². The van der Waals surface area contributed by atoms with Gasteiger partial charge >= 0.3 is 0 Å². The maximum absolute atomic E-state index is 13.4. The van der Waals surface area contributed by atoms with Gasteiger partial charge in [-0.25, -0.2) is 12.8 Å². The van der Waals surface area contributed by atoms with Gasteiger partial charge in [0.15, 0.2) is 0 Å². The highest BCUT2D eigenvalue weighted by Crippen LogP contribution is 2.32. The standard InChI is InChI=1S/C21H21ClFN3O3S/c1-13-3-4-15(11-14(13)2)19-20(27)25-21(24-19)7-9-26(10-8-21)30(28,29)16-5-6-18(23)17(22)12-16/h3-6,11-12H,7-10H2,1-2H3,(H,25,27). The molecular formula is C21H21ClFN3O3S. The molecule has 2 aromatic rings. The molecule has 1 N–H and O–H groups in total. The molecule has 1 fully saturated rings. The van der Waals surface area contributed by atoms with Crippen molar-refractivity contribution in [3.8, 4) is 0 Å². The molecule has 30 heavy (non-hydrogen) atoms. The van der Waals surface area contributed by atoms with Crippen molar-refractivity contribution in [2.24, 2.45) is 4.99 Å². The third kappa shape index (κ3) is 3.64. The molecule has 2 aliphatic heterocycles. The summed E-state index contributed by atoms with van der Waals surface area (Å²) < 4.78 is 40.5. The van der Waals surface area contributed by atoms with Crippen LogP contribution in [0.1, 0.15) is 29.5 Å². The lowest BCUT2D eigenvalue weighted by Gasteiger charge is -2.36. The second-order valence-corrected chi connectivity index (χ2v) is 10.1. The first-order valence-electron chi connectivity index (χ1n) is 9.56. The van der Waals surface area contributed by atoms with Crippen LogP contribution in [-0.4, -0.2) is 43.1 Å². The van der Waals surface area contributed by atoms with Crippen LogP contribution in [0.4, 0.5) is 4.39 Å². The van der Waals surface area contributed by atoms with E-state index < -0.39 is 21.5 Å². The van der Waals surface area contributed by atoms with E-state index >= 15 is 0 Å². The average Bonchev–Trinajstić information content (AvgIpc) is 3.02. The smallest absolute Gasteiger partial charge is 0.272 e. The average molecular weight is 450 g/mol. The number of aliphatic imine (C=N–C) groups is 1. The Morgan fingerprint density at radius 2 is 1.80 bits per heavy atom. The highest BCUT2D eigenvalue weighted by molar-refractivity contribution is 7.89. The van der Waals surface area contributed by atoms with Crippen molar-refractivity contribution in [2.75, 3.05) is 13.1 Å². The Hall–Kier alpha value is -2.29. The Morgan fingerprint density at radius 1 is 1.10 bits per heavy atom. The van der Waals surface area contributed by atoms with Crippen LogP contribution in [0, 0.1) is 19.7 Å². The summed E-state index contributed by atoms with van der Waals surface area (Å²) in [5, 5.41) is 2.70. The highest BCUT2D eigenvalue weighted by atomic mass is 35.5. The lowest BCUT2D eigenvalue weighted by Crippen LogP contribution is -2.52. The van der Waals surface area contributed by atoms with Crippen LogP contribution in [0.5, 0.6) is 0 Å². The van der Waals surface area contributed by atoms with Gasteiger partial charge in [-0.3, -0.25) is 9.79 Å². The molecule has 0 radical (unpaired) electrons. The largest absolute Gasteiger partial charge is 0.326 e. The summed E-state index contributed by atoms with van der Waals surface area (Å²) in [4.78, 5) is 17.2. The van der Waals surface area contributed by atoms with Gasteiger partial charge in [0.25, 0.3) is 5.91 Å². The van der Waals surface area contributed by atoms with Gasteiger partial charge in [-0.1, -0.05) is 23.7 Å². The monoisotopic (exact) mass is 449 g/mol. The minimum Gasteiger partial charge on any atom is -0.326 e. The molecule has 0 bridgehead atoms. The lowest BCUT2D eigenvalue weighted by molar-refractivity contribution is -0.115. The van der Waals surface area contributed by atoms with Crippen LogP contribution in [0.2, 0.25) is 5.02 Å². The van der Waals surface area contributed by atoms with E-state index in [2.05, 4.69) is 10.3 Å². The number of rotatable bonds is 3. The van der Waals surface area contributed by atoms with Gasteiger partial charge in [0.1, 0.15) is 17.2 Å². The van der Waals surface area contributed by atoms with Crippen molar-refractivity contribution in [3.63, 3.8) is 0 Å². The summed E-state index contributed by atoms with van der Waals surface area (Å²) >= 11 is 5.75. The Balaban J connectivity index is 1.55. The summed E-state index contributed by atoms with van der Waals surface area (Å²) in [5.74, 6) is -0.921. The lowest BCUT2D eigenvalue weighted by atomic mass is 10.00. The van der Waals surface area contributed by atoms with E-state index in [-0.39, 0.29) is 28.9 Å². The zero-order valence-corrected chi connectivity index (χ0v) is 18.1. The SMILES string of the molecule is Cc1ccc(C2=NC3(CCN(S(=O)(=O)c4ccc(F)c(Cl)c4)CC3)NC2=O)cc1C. The van der Waals surface area contributed by atoms with E-state index in [4.69, 9.17) is 11.6 Å². The predicted octanol–water partition coefficient (Wildman–Crippen LogP) is 3.20. The molecule has 6 nitrogen and oxygen atoms in total. The van der Waals surface area contributed by atoms with E-state index in [9.17, 15) is 17.6 Å². The van der Waals surface area contributed by atoms with Crippen LogP contribution in [-0.2, 0) is 14.8 Å². The first kappa shape index (κ1) is 21.0. The Labute approximate surface area is 179 Å². The topological polar surface area (TPSA) is 78.8 Å². The Bertz CT molecular complexity index is 1170. The molecule has 1 amide bonds. The van der Waals surface area contributed by atoms with Gasteiger partial charge in [0.05, 0.1) is 9.92 Å². The van der Waals surface area contributed by atoms with Crippen molar-refractivity contribution < 1.29 is 17.6 Å². The molecule has 2 aliphatic rings. The number of nitrogens with one attached hydrogen (secondary N) is 1. The minimum atomic E-state index is -3.82. The second-order valence-electron chi connectivity index (χ2n) is 7.73. The van der Waals surface area contributed by atoms with Gasteiger partial charge in [-0.15, -0.1) is 0 Å². The summed E-state index contributed by atoms with van der Waals surface area (Å²) in [5.41, 5.74) is 2.52. The number of hydrogen-bond donors (Lipinski definition) is 1. The number of hydrogen-bond acceptors (Lipinski definition) is 4. The fourth-order valence-electron chi connectivity index (χ4n) is 3.77. The summed E-state index contributed by atoms with van der Waals surface area (Å²) in [6.45, 7) is 4.34. The number of piperidine rings is 1. The molecule has 158 valence electrons. The number of benzene rings is 2. The van der Waals surface area contributed by atoms with Crippen molar-refractivity contribution in [1.82, 2.24) is 9.62 Å². The Kier molecular flexibility index (Phi) is 5.20. The maximum Gasteiger partial charge on any atom is 0.272 e.